The van der Waals surface area contributed by atoms with E-state index in [0.717, 1.165) is 5.56 Å². The van der Waals surface area contributed by atoms with Crippen molar-refractivity contribution in [2.24, 2.45) is 0 Å². The lowest BCUT2D eigenvalue weighted by atomic mass is 10.2. The molecule has 0 atom stereocenters. The first kappa shape index (κ1) is 23.1. The maximum Gasteiger partial charge on any atom is 0.313 e. The second kappa shape index (κ2) is 10.6. The first-order valence-corrected chi connectivity index (χ1v) is 10.7. The van der Waals surface area contributed by atoms with E-state index in [-0.39, 0.29) is 5.91 Å². The number of benzene rings is 2. The van der Waals surface area contributed by atoms with Gasteiger partial charge in [0.15, 0.2) is 0 Å². The standard InChI is InChI=1S/C22H24Cl2N4O3/c1-15-2-5-17(6-3-15)26-21(30)20(29)25-8-9-27-10-12-28(13-11-27)22(31)18-7-4-16(23)14-19(18)24/h2-7,14H,8-13H2,1H3,(H,25,29)(H,26,30). The van der Waals surface area contributed by atoms with Gasteiger partial charge in [0.1, 0.15) is 0 Å². The van der Waals surface area contributed by atoms with Crippen molar-refractivity contribution in [2.45, 2.75) is 6.92 Å². The molecule has 2 N–H and O–H groups in total. The van der Waals surface area contributed by atoms with Crippen molar-refractivity contribution < 1.29 is 14.4 Å². The topological polar surface area (TPSA) is 81.8 Å². The Morgan fingerprint density at radius 3 is 2.26 bits per heavy atom. The number of rotatable bonds is 5. The average molecular weight is 463 g/mol. The number of carbonyl (C=O) groups excluding carboxylic acids is 3. The minimum absolute atomic E-state index is 0.123. The SMILES string of the molecule is Cc1ccc(NC(=O)C(=O)NCCN2CCN(C(=O)c3ccc(Cl)cc3Cl)CC2)cc1. The van der Waals surface area contributed by atoms with E-state index in [4.69, 9.17) is 23.2 Å². The van der Waals surface area contributed by atoms with Crippen molar-refractivity contribution in [1.82, 2.24) is 15.1 Å². The van der Waals surface area contributed by atoms with Crippen LogP contribution >= 0.6 is 23.2 Å². The van der Waals surface area contributed by atoms with Crippen molar-refractivity contribution in [1.29, 1.82) is 0 Å². The predicted octanol–water partition coefficient (Wildman–Crippen LogP) is 2.81. The predicted molar refractivity (Wildman–Crippen MR) is 122 cm³/mol. The fourth-order valence-electron chi connectivity index (χ4n) is 3.24. The van der Waals surface area contributed by atoms with E-state index in [0.29, 0.717) is 60.6 Å². The highest BCUT2D eigenvalue weighted by Gasteiger charge is 2.23. The monoisotopic (exact) mass is 462 g/mol. The van der Waals surface area contributed by atoms with Crippen LogP contribution in [-0.4, -0.2) is 66.8 Å². The Balaban J connectivity index is 1.39. The summed E-state index contributed by atoms with van der Waals surface area (Å²) in [5, 5.41) is 6.03. The number of anilines is 1. The van der Waals surface area contributed by atoms with Crippen molar-refractivity contribution in [3.8, 4) is 0 Å². The van der Waals surface area contributed by atoms with Crippen LogP contribution in [0.5, 0.6) is 0 Å². The zero-order valence-electron chi connectivity index (χ0n) is 17.2. The van der Waals surface area contributed by atoms with Crippen molar-refractivity contribution >= 4 is 46.6 Å². The van der Waals surface area contributed by atoms with Gasteiger partial charge in [-0.3, -0.25) is 19.3 Å². The molecule has 1 heterocycles. The second-order valence-electron chi connectivity index (χ2n) is 7.33. The molecule has 3 rings (SSSR count). The molecule has 1 aliphatic heterocycles. The van der Waals surface area contributed by atoms with E-state index in [1.54, 1.807) is 35.2 Å². The van der Waals surface area contributed by atoms with Crippen LogP contribution in [0.1, 0.15) is 15.9 Å². The molecular weight excluding hydrogens is 439 g/mol. The van der Waals surface area contributed by atoms with E-state index >= 15 is 0 Å². The van der Waals surface area contributed by atoms with E-state index in [1.165, 1.54) is 0 Å². The van der Waals surface area contributed by atoms with Crippen LogP contribution < -0.4 is 10.6 Å². The molecule has 2 aromatic rings. The van der Waals surface area contributed by atoms with Gasteiger partial charge in [0.2, 0.25) is 0 Å². The highest BCUT2D eigenvalue weighted by atomic mass is 35.5. The van der Waals surface area contributed by atoms with E-state index in [1.807, 2.05) is 19.1 Å². The van der Waals surface area contributed by atoms with Crippen molar-refractivity contribution in [2.75, 3.05) is 44.6 Å². The van der Waals surface area contributed by atoms with Crippen LogP contribution in [0.3, 0.4) is 0 Å². The molecule has 164 valence electrons. The third-order valence-electron chi connectivity index (χ3n) is 5.05. The molecule has 1 fully saturated rings. The van der Waals surface area contributed by atoms with E-state index < -0.39 is 11.8 Å². The summed E-state index contributed by atoms with van der Waals surface area (Å²) in [5.41, 5.74) is 2.08. The summed E-state index contributed by atoms with van der Waals surface area (Å²) >= 11 is 12.0. The average Bonchev–Trinajstić information content (AvgIpc) is 2.75. The zero-order valence-corrected chi connectivity index (χ0v) is 18.7. The maximum atomic E-state index is 12.7. The first-order valence-electron chi connectivity index (χ1n) is 9.96. The molecule has 1 aliphatic rings. The Morgan fingerprint density at radius 1 is 0.935 bits per heavy atom. The highest BCUT2D eigenvalue weighted by Crippen LogP contribution is 2.22. The normalized spacial score (nSPS) is 14.2. The lowest BCUT2D eigenvalue weighted by molar-refractivity contribution is -0.136. The molecule has 0 unspecified atom stereocenters. The summed E-state index contributed by atoms with van der Waals surface area (Å²) in [6, 6.07) is 12.1. The quantitative estimate of drug-likeness (QED) is 0.669. The van der Waals surface area contributed by atoms with Crippen LogP contribution in [-0.2, 0) is 9.59 Å². The van der Waals surface area contributed by atoms with Crippen LogP contribution in [0.25, 0.3) is 0 Å². The zero-order chi connectivity index (χ0) is 22.4. The fourth-order valence-corrected chi connectivity index (χ4v) is 3.73. The Hall–Kier alpha value is -2.61. The number of halogens is 2. The molecular formula is C22H24Cl2N4O3. The minimum Gasteiger partial charge on any atom is -0.347 e. The third-order valence-corrected chi connectivity index (χ3v) is 5.60. The van der Waals surface area contributed by atoms with Gasteiger partial charge in [-0.15, -0.1) is 0 Å². The Kier molecular flexibility index (Phi) is 7.90. The number of hydrogen-bond donors (Lipinski definition) is 2. The van der Waals surface area contributed by atoms with E-state index in [9.17, 15) is 14.4 Å². The second-order valence-corrected chi connectivity index (χ2v) is 8.18. The molecule has 3 amide bonds. The molecule has 9 heteroatoms. The summed E-state index contributed by atoms with van der Waals surface area (Å²) in [6.07, 6.45) is 0. The summed E-state index contributed by atoms with van der Waals surface area (Å²) in [5.74, 6) is -1.49. The Labute approximate surface area is 191 Å². The summed E-state index contributed by atoms with van der Waals surface area (Å²) in [4.78, 5) is 40.5. The molecule has 1 saturated heterocycles. The van der Waals surface area contributed by atoms with Gasteiger partial charge in [0.25, 0.3) is 5.91 Å². The molecule has 0 aliphatic carbocycles. The molecule has 0 aromatic heterocycles. The minimum atomic E-state index is -0.695. The molecule has 0 radical (unpaired) electrons. The van der Waals surface area contributed by atoms with Crippen LogP contribution in [0.4, 0.5) is 5.69 Å². The third kappa shape index (κ3) is 6.43. The molecule has 0 saturated carbocycles. The van der Waals surface area contributed by atoms with Crippen molar-refractivity contribution in [3.63, 3.8) is 0 Å². The molecule has 31 heavy (non-hydrogen) atoms. The van der Waals surface area contributed by atoms with Gasteiger partial charge in [-0.25, -0.2) is 0 Å². The Morgan fingerprint density at radius 2 is 1.61 bits per heavy atom. The van der Waals surface area contributed by atoms with Gasteiger partial charge in [0, 0.05) is 50.0 Å². The maximum absolute atomic E-state index is 12.7. The van der Waals surface area contributed by atoms with Gasteiger partial charge in [-0.1, -0.05) is 40.9 Å². The van der Waals surface area contributed by atoms with Gasteiger partial charge >= 0.3 is 11.8 Å². The van der Waals surface area contributed by atoms with Gasteiger partial charge in [-0.05, 0) is 37.3 Å². The Bertz CT molecular complexity index is 958. The summed E-state index contributed by atoms with van der Waals surface area (Å²) in [6.45, 7) is 5.33. The number of piperazine rings is 1. The number of hydrogen-bond acceptors (Lipinski definition) is 4. The summed E-state index contributed by atoms with van der Waals surface area (Å²) < 4.78 is 0. The number of aryl methyl sites for hydroxylation is 1. The summed E-state index contributed by atoms with van der Waals surface area (Å²) in [7, 11) is 0. The van der Waals surface area contributed by atoms with Crippen LogP contribution in [0.2, 0.25) is 10.0 Å². The highest BCUT2D eigenvalue weighted by molar-refractivity contribution is 6.39. The van der Waals surface area contributed by atoms with Crippen LogP contribution in [0.15, 0.2) is 42.5 Å². The first-order chi connectivity index (χ1) is 14.8. The van der Waals surface area contributed by atoms with E-state index in [2.05, 4.69) is 15.5 Å². The molecule has 7 nitrogen and oxygen atoms in total. The number of carbonyl (C=O) groups is 3. The smallest absolute Gasteiger partial charge is 0.313 e. The number of amides is 3. The number of nitrogens with zero attached hydrogens (tertiary/aromatic N) is 2. The molecule has 0 bridgehead atoms. The molecule has 2 aromatic carbocycles. The van der Waals surface area contributed by atoms with Gasteiger partial charge < -0.3 is 15.5 Å². The van der Waals surface area contributed by atoms with Crippen LogP contribution in [0, 0.1) is 6.92 Å². The van der Waals surface area contributed by atoms with Gasteiger partial charge in [-0.2, -0.15) is 0 Å². The number of nitrogens with one attached hydrogen (secondary N) is 2. The van der Waals surface area contributed by atoms with Crippen molar-refractivity contribution in [3.05, 3.63) is 63.6 Å². The van der Waals surface area contributed by atoms with Gasteiger partial charge in [0.05, 0.1) is 10.6 Å². The lowest BCUT2D eigenvalue weighted by Gasteiger charge is -2.34. The fraction of sp³-hybridized carbons (Fsp3) is 0.318. The molecule has 0 spiro atoms. The largest absolute Gasteiger partial charge is 0.347 e. The lowest BCUT2D eigenvalue weighted by Crippen LogP contribution is -2.50.